The van der Waals surface area contributed by atoms with Crippen molar-refractivity contribution in [1.29, 1.82) is 0 Å². The third-order valence-corrected chi connectivity index (χ3v) is 4.27. The van der Waals surface area contributed by atoms with Crippen molar-refractivity contribution in [2.75, 3.05) is 0 Å². The smallest absolute Gasteiger partial charge is 0.220 e. The predicted octanol–water partition coefficient (Wildman–Crippen LogP) is 2.20. The molecule has 0 aliphatic heterocycles. The zero-order chi connectivity index (χ0) is 14.0. The van der Waals surface area contributed by atoms with Gasteiger partial charge in [-0.1, -0.05) is 43.7 Å². The van der Waals surface area contributed by atoms with E-state index in [-0.39, 0.29) is 23.5 Å². The van der Waals surface area contributed by atoms with Gasteiger partial charge in [0.25, 0.3) is 0 Å². The maximum absolute atomic E-state index is 11.9. The molecule has 2 N–H and O–H groups in total. The first kappa shape index (κ1) is 14.1. The van der Waals surface area contributed by atoms with Gasteiger partial charge in [0.1, 0.15) is 0 Å². The molecule has 2 atom stereocenters. The Morgan fingerprint density at radius 3 is 2.79 bits per heavy atom. The number of carbonyl (C=O) groups excluding carboxylic acids is 1. The van der Waals surface area contributed by atoms with Crippen molar-refractivity contribution in [3.05, 3.63) is 35.4 Å². The predicted molar refractivity (Wildman–Crippen MR) is 75.8 cm³/mol. The summed E-state index contributed by atoms with van der Waals surface area (Å²) in [7, 11) is 0. The van der Waals surface area contributed by atoms with E-state index in [2.05, 4.69) is 30.4 Å². The molecule has 1 aromatic rings. The Morgan fingerprint density at radius 1 is 1.47 bits per heavy atom. The van der Waals surface area contributed by atoms with Gasteiger partial charge >= 0.3 is 0 Å². The zero-order valence-corrected chi connectivity index (χ0v) is 11.9. The van der Waals surface area contributed by atoms with E-state index in [0.717, 1.165) is 6.42 Å². The van der Waals surface area contributed by atoms with Gasteiger partial charge in [0.05, 0.1) is 6.10 Å². The van der Waals surface area contributed by atoms with Crippen molar-refractivity contribution in [3.63, 3.8) is 0 Å². The van der Waals surface area contributed by atoms with Gasteiger partial charge in [0.15, 0.2) is 0 Å². The van der Waals surface area contributed by atoms with E-state index in [1.54, 1.807) is 0 Å². The molecular weight excluding hydrogens is 238 g/mol. The molecule has 1 aliphatic rings. The molecule has 0 radical (unpaired) electrons. The van der Waals surface area contributed by atoms with Gasteiger partial charge in [0.2, 0.25) is 5.91 Å². The Hall–Kier alpha value is -1.35. The summed E-state index contributed by atoms with van der Waals surface area (Å²) in [4.78, 5) is 11.9. The number of aliphatic hydroxyl groups is 1. The van der Waals surface area contributed by atoms with Crippen molar-refractivity contribution in [2.45, 2.75) is 52.2 Å². The lowest BCUT2D eigenvalue weighted by Gasteiger charge is -2.49. The topological polar surface area (TPSA) is 49.3 Å². The number of carbonyl (C=O) groups is 1. The van der Waals surface area contributed by atoms with Gasteiger partial charge in [-0.15, -0.1) is 0 Å². The van der Waals surface area contributed by atoms with Gasteiger partial charge in [-0.05, 0) is 25.3 Å². The normalized spacial score (nSPS) is 24.6. The Morgan fingerprint density at radius 2 is 2.21 bits per heavy atom. The number of aliphatic hydroxyl groups excluding tert-OH is 1. The second-order valence-electron chi connectivity index (χ2n) is 6.18. The summed E-state index contributed by atoms with van der Waals surface area (Å²) in [5.41, 5.74) is 2.23. The molecule has 3 heteroatoms. The molecule has 0 bridgehead atoms. The van der Waals surface area contributed by atoms with E-state index < -0.39 is 0 Å². The first-order chi connectivity index (χ1) is 8.89. The van der Waals surface area contributed by atoms with E-state index in [1.807, 2.05) is 19.9 Å². The fourth-order valence-corrected chi connectivity index (χ4v) is 2.54. The van der Waals surface area contributed by atoms with E-state index in [0.29, 0.717) is 12.8 Å². The number of hydrogen-bond acceptors (Lipinski definition) is 2. The maximum Gasteiger partial charge on any atom is 0.220 e. The van der Waals surface area contributed by atoms with Crippen molar-refractivity contribution >= 4 is 5.91 Å². The molecule has 0 aromatic heterocycles. The molecule has 0 spiro atoms. The highest BCUT2D eigenvalue weighted by molar-refractivity contribution is 5.76. The molecule has 3 nitrogen and oxygen atoms in total. The molecule has 1 aliphatic carbocycles. The van der Waals surface area contributed by atoms with Crippen molar-refractivity contribution in [3.8, 4) is 0 Å². The van der Waals surface area contributed by atoms with Crippen molar-refractivity contribution in [1.82, 2.24) is 5.32 Å². The molecule has 2 rings (SSSR count). The van der Waals surface area contributed by atoms with Crippen molar-refractivity contribution < 1.29 is 9.90 Å². The number of hydrogen-bond donors (Lipinski definition) is 2. The minimum Gasteiger partial charge on any atom is -0.392 e. The summed E-state index contributed by atoms with van der Waals surface area (Å²) in [6.07, 6.45) is 1.65. The molecule has 1 saturated carbocycles. The molecule has 1 amide bonds. The Kier molecular flexibility index (Phi) is 3.95. The first-order valence-electron chi connectivity index (χ1n) is 6.92. The van der Waals surface area contributed by atoms with Crippen LogP contribution in [-0.4, -0.2) is 23.2 Å². The standard InChI is InChI=1S/C16H23NO2/c1-11-5-4-6-12(9-11)7-8-15(19)17-13-10-14(18)16(13,2)3/h4-6,9,13-14,18H,7-8,10H2,1-3H3,(H,17,19). The summed E-state index contributed by atoms with van der Waals surface area (Å²) >= 11 is 0. The fourth-order valence-electron chi connectivity index (χ4n) is 2.54. The highest BCUT2D eigenvalue weighted by atomic mass is 16.3. The molecule has 0 heterocycles. The van der Waals surface area contributed by atoms with Gasteiger partial charge in [-0.3, -0.25) is 4.79 Å². The van der Waals surface area contributed by atoms with Crippen molar-refractivity contribution in [2.24, 2.45) is 5.41 Å². The van der Waals surface area contributed by atoms with Gasteiger partial charge in [-0.25, -0.2) is 0 Å². The minimum atomic E-state index is -0.297. The number of aryl methyl sites for hydroxylation is 2. The number of amides is 1. The summed E-state index contributed by atoms with van der Waals surface area (Å²) in [6.45, 7) is 6.04. The first-order valence-corrected chi connectivity index (χ1v) is 6.92. The van der Waals surface area contributed by atoms with Crippen LogP contribution in [0.5, 0.6) is 0 Å². The van der Waals surface area contributed by atoms with Crippen LogP contribution in [0.1, 0.15) is 37.8 Å². The van der Waals surface area contributed by atoms with E-state index >= 15 is 0 Å². The minimum absolute atomic E-state index is 0.0754. The fraction of sp³-hybridized carbons (Fsp3) is 0.562. The second-order valence-corrected chi connectivity index (χ2v) is 6.18. The van der Waals surface area contributed by atoms with Crippen LogP contribution in [0.25, 0.3) is 0 Å². The Balaban J connectivity index is 1.80. The lowest BCUT2D eigenvalue weighted by atomic mass is 9.64. The molecule has 1 fully saturated rings. The molecule has 1 aromatic carbocycles. The van der Waals surface area contributed by atoms with Crippen LogP contribution in [-0.2, 0) is 11.2 Å². The van der Waals surface area contributed by atoms with Crippen LogP contribution in [0.3, 0.4) is 0 Å². The van der Waals surface area contributed by atoms with E-state index in [9.17, 15) is 9.90 Å². The summed E-state index contributed by atoms with van der Waals surface area (Å²) < 4.78 is 0. The van der Waals surface area contributed by atoms with Crippen LogP contribution >= 0.6 is 0 Å². The quantitative estimate of drug-likeness (QED) is 0.873. The summed E-state index contributed by atoms with van der Waals surface area (Å²) in [5, 5.41) is 12.7. The van der Waals surface area contributed by atoms with Gasteiger partial charge < -0.3 is 10.4 Å². The highest BCUT2D eigenvalue weighted by Crippen LogP contribution is 2.40. The summed E-state index contributed by atoms with van der Waals surface area (Å²) in [5.74, 6) is 0.0754. The largest absolute Gasteiger partial charge is 0.392 e. The number of benzene rings is 1. The lowest BCUT2D eigenvalue weighted by molar-refractivity contribution is -0.129. The van der Waals surface area contributed by atoms with E-state index in [4.69, 9.17) is 0 Å². The highest BCUT2D eigenvalue weighted by Gasteiger charge is 2.47. The summed E-state index contributed by atoms with van der Waals surface area (Å²) in [6, 6.07) is 8.35. The van der Waals surface area contributed by atoms with Crippen LogP contribution in [0.2, 0.25) is 0 Å². The SMILES string of the molecule is Cc1cccc(CCC(=O)NC2CC(O)C2(C)C)c1. The zero-order valence-electron chi connectivity index (χ0n) is 11.9. The monoisotopic (exact) mass is 261 g/mol. The second kappa shape index (κ2) is 5.33. The van der Waals surface area contributed by atoms with Crippen LogP contribution in [0.4, 0.5) is 0 Å². The Labute approximate surface area is 115 Å². The van der Waals surface area contributed by atoms with Gasteiger partial charge in [0, 0.05) is 17.9 Å². The number of nitrogens with one attached hydrogen (secondary N) is 1. The number of rotatable bonds is 4. The average molecular weight is 261 g/mol. The molecular formula is C16H23NO2. The molecule has 0 saturated heterocycles. The molecule has 2 unspecified atom stereocenters. The van der Waals surface area contributed by atoms with Gasteiger partial charge in [-0.2, -0.15) is 0 Å². The van der Waals surface area contributed by atoms with Crippen LogP contribution in [0.15, 0.2) is 24.3 Å². The van der Waals surface area contributed by atoms with E-state index in [1.165, 1.54) is 11.1 Å². The molecule has 19 heavy (non-hydrogen) atoms. The average Bonchev–Trinajstić information content (AvgIpc) is 2.36. The lowest BCUT2D eigenvalue weighted by Crippen LogP contribution is -2.61. The Bertz CT molecular complexity index is 468. The third-order valence-electron chi connectivity index (χ3n) is 4.27. The third kappa shape index (κ3) is 3.16. The van der Waals surface area contributed by atoms with Crippen LogP contribution < -0.4 is 5.32 Å². The maximum atomic E-state index is 11.9. The molecule has 104 valence electrons. The van der Waals surface area contributed by atoms with Crippen LogP contribution in [0, 0.1) is 12.3 Å².